The molecule has 6 nitrogen and oxygen atoms in total. The molecule has 0 aliphatic heterocycles. The van der Waals surface area contributed by atoms with Crippen LogP contribution < -0.4 is 11.1 Å². The second-order valence-corrected chi connectivity index (χ2v) is 4.47. The first-order chi connectivity index (χ1) is 10.2. The Bertz CT molecular complexity index is 616. The lowest BCUT2D eigenvalue weighted by atomic mass is 10.1. The maximum absolute atomic E-state index is 12.0. The fourth-order valence-corrected chi connectivity index (χ4v) is 1.89. The summed E-state index contributed by atoms with van der Waals surface area (Å²) in [5, 5.41) is 3.59. The first-order valence-corrected chi connectivity index (χ1v) is 6.72. The van der Waals surface area contributed by atoms with E-state index in [4.69, 9.17) is 15.2 Å². The Labute approximate surface area is 123 Å². The summed E-state index contributed by atoms with van der Waals surface area (Å²) in [7, 11) is 1.61. The molecule has 0 bridgehead atoms. The summed E-state index contributed by atoms with van der Waals surface area (Å²) in [5.41, 5.74) is 7.51. The van der Waals surface area contributed by atoms with Crippen LogP contribution in [0.15, 0.2) is 30.3 Å². The zero-order valence-electron chi connectivity index (χ0n) is 12.0. The number of hydrogen-bond donors (Lipinski definition) is 2. The molecule has 0 aliphatic rings. The van der Waals surface area contributed by atoms with E-state index in [1.807, 2.05) is 24.3 Å². The molecule has 0 radical (unpaired) electrons. The Morgan fingerprint density at radius 1 is 1.29 bits per heavy atom. The van der Waals surface area contributed by atoms with E-state index in [0.29, 0.717) is 43.3 Å². The molecule has 3 N–H and O–H groups in total. The normalized spacial score (nSPS) is 10.7. The number of amides is 1. The van der Waals surface area contributed by atoms with Gasteiger partial charge in [-0.25, -0.2) is 4.98 Å². The number of anilines is 1. The number of fused-ring (bicyclic) bond motifs is 1. The lowest BCUT2D eigenvalue weighted by Crippen LogP contribution is -2.28. The summed E-state index contributed by atoms with van der Waals surface area (Å²) in [6.07, 6.45) is 0. The number of nitrogen functional groups attached to an aromatic ring is 1. The van der Waals surface area contributed by atoms with Gasteiger partial charge in [-0.2, -0.15) is 0 Å². The molecule has 1 amide bonds. The van der Waals surface area contributed by atoms with Crippen LogP contribution in [0.5, 0.6) is 0 Å². The number of hydrogen-bond acceptors (Lipinski definition) is 5. The van der Waals surface area contributed by atoms with Gasteiger partial charge in [0.15, 0.2) is 0 Å². The number of carbonyl (C=O) groups excluding carboxylic acids is 1. The number of methoxy groups -OCH3 is 1. The van der Waals surface area contributed by atoms with Gasteiger partial charge in [-0.1, -0.05) is 18.2 Å². The molecule has 6 heteroatoms. The van der Waals surface area contributed by atoms with Gasteiger partial charge in [0.2, 0.25) is 0 Å². The number of rotatable bonds is 7. The minimum atomic E-state index is -0.261. The summed E-state index contributed by atoms with van der Waals surface area (Å²) in [4.78, 5) is 16.3. The highest BCUT2D eigenvalue weighted by atomic mass is 16.5. The van der Waals surface area contributed by atoms with E-state index in [0.717, 1.165) is 5.39 Å². The van der Waals surface area contributed by atoms with Crippen LogP contribution in [0.3, 0.4) is 0 Å². The summed E-state index contributed by atoms with van der Waals surface area (Å²) in [5.74, 6) is -0.261. The molecule has 2 rings (SSSR count). The molecule has 0 unspecified atom stereocenters. The lowest BCUT2D eigenvalue weighted by molar-refractivity contribution is 0.0692. The van der Waals surface area contributed by atoms with Gasteiger partial charge in [-0.15, -0.1) is 0 Å². The van der Waals surface area contributed by atoms with Crippen LogP contribution in [0.4, 0.5) is 5.69 Å². The van der Waals surface area contributed by atoms with Crippen molar-refractivity contribution in [1.82, 2.24) is 10.3 Å². The van der Waals surface area contributed by atoms with Crippen LogP contribution in [-0.2, 0) is 9.47 Å². The number of aromatic nitrogens is 1. The molecule has 21 heavy (non-hydrogen) atoms. The van der Waals surface area contributed by atoms with E-state index in [1.54, 1.807) is 13.2 Å². The van der Waals surface area contributed by atoms with E-state index in [9.17, 15) is 4.79 Å². The molecule has 1 aromatic carbocycles. The van der Waals surface area contributed by atoms with Crippen LogP contribution in [-0.4, -0.2) is 44.4 Å². The van der Waals surface area contributed by atoms with Crippen molar-refractivity contribution < 1.29 is 14.3 Å². The van der Waals surface area contributed by atoms with Gasteiger partial charge in [-0.3, -0.25) is 4.79 Å². The smallest absolute Gasteiger partial charge is 0.270 e. The molecular weight excluding hydrogens is 270 g/mol. The summed E-state index contributed by atoms with van der Waals surface area (Å²) >= 11 is 0. The molecule has 0 saturated heterocycles. The van der Waals surface area contributed by atoms with E-state index in [2.05, 4.69) is 10.3 Å². The van der Waals surface area contributed by atoms with Gasteiger partial charge in [0.25, 0.3) is 5.91 Å². The second-order valence-electron chi connectivity index (χ2n) is 4.47. The number of para-hydroxylation sites is 1. The van der Waals surface area contributed by atoms with Gasteiger partial charge in [0.1, 0.15) is 5.69 Å². The predicted octanol–water partition coefficient (Wildman–Crippen LogP) is 1.21. The standard InChI is InChI=1S/C15H19N3O3/c1-20-8-9-21-7-6-17-15(19)14-10-12(16)11-4-2-3-5-13(11)18-14/h2-5,10H,6-9H2,1H3,(H2,16,18)(H,17,19). The molecule has 2 aromatic rings. The molecule has 0 saturated carbocycles. The average Bonchev–Trinajstić information content (AvgIpc) is 2.50. The van der Waals surface area contributed by atoms with Crippen LogP contribution in [0.1, 0.15) is 10.5 Å². The Kier molecular flexibility index (Phi) is 5.48. The van der Waals surface area contributed by atoms with Crippen molar-refractivity contribution in [3.63, 3.8) is 0 Å². The van der Waals surface area contributed by atoms with Crippen molar-refractivity contribution in [3.8, 4) is 0 Å². The Balaban J connectivity index is 1.93. The van der Waals surface area contributed by atoms with Gasteiger partial charge in [0, 0.05) is 24.7 Å². The third-order valence-corrected chi connectivity index (χ3v) is 2.94. The van der Waals surface area contributed by atoms with Crippen molar-refractivity contribution in [1.29, 1.82) is 0 Å². The highest BCUT2D eigenvalue weighted by Gasteiger charge is 2.10. The molecule has 112 valence electrons. The van der Waals surface area contributed by atoms with Crippen molar-refractivity contribution in [2.75, 3.05) is 39.2 Å². The molecule has 1 heterocycles. The lowest BCUT2D eigenvalue weighted by Gasteiger charge is -2.08. The Morgan fingerprint density at radius 2 is 2.10 bits per heavy atom. The SMILES string of the molecule is COCCOCCNC(=O)c1cc(N)c2ccccc2n1. The van der Waals surface area contributed by atoms with Crippen LogP contribution >= 0.6 is 0 Å². The zero-order chi connectivity index (χ0) is 15.1. The largest absolute Gasteiger partial charge is 0.398 e. The Morgan fingerprint density at radius 3 is 2.90 bits per heavy atom. The third kappa shape index (κ3) is 4.14. The highest BCUT2D eigenvalue weighted by Crippen LogP contribution is 2.19. The predicted molar refractivity (Wildman–Crippen MR) is 81.2 cm³/mol. The van der Waals surface area contributed by atoms with Gasteiger partial charge in [0.05, 0.1) is 25.3 Å². The Hall–Kier alpha value is -2.18. The first kappa shape index (κ1) is 15.2. The number of pyridine rings is 1. The molecule has 0 atom stereocenters. The number of nitrogens with two attached hydrogens (primary N) is 1. The van der Waals surface area contributed by atoms with Crippen molar-refractivity contribution in [3.05, 3.63) is 36.0 Å². The van der Waals surface area contributed by atoms with E-state index in [-0.39, 0.29) is 5.91 Å². The molecule has 0 fully saturated rings. The molecule has 0 aliphatic carbocycles. The monoisotopic (exact) mass is 289 g/mol. The maximum Gasteiger partial charge on any atom is 0.270 e. The fourth-order valence-electron chi connectivity index (χ4n) is 1.89. The number of ether oxygens (including phenoxy) is 2. The number of nitrogens with zero attached hydrogens (tertiary/aromatic N) is 1. The quantitative estimate of drug-likeness (QED) is 0.748. The molecule has 0 spiro atoms. The summed E-state index contributed by atoms with van der Waals surface area (Å²) in [6, 6.07) is 9.04. The molecular formula is C15H19N3O3. The minimum absolute atomic E-state index is 0.261. The van der Waals surface area contributed by atoms with E-state index < -0.39 is 0 Å². The maximum atomic E-state index is 12.0. The van der Waals surface area contributed by atoms with Crippen molar-refractivity contribution >= 4 is 22.5 Å². The number of benzene rings is 1. The topological polar surface area (TPSA) is 86.5 Å². The van der Waals surface area contributed by atoms with Crippen LogP contribution in [0, 0.1) is 0 Å². The summed E-state index contributed by atoms with van der Waals surface area (Å²) < 4.78 is 10.1. The number of nitrogens with one attached hydrogen (secondary N) is 1. The van der Waals surface area contributed by atoms with E-state index in [1.165, 1.54) is 0 Å². The van der Waals surface area contributed by atoms with Gasteiger partial charge in [-0.05, 0) is 12.1 Å². The fraction of sp³-hybridized carbons (Fsp3) is 0.333. The van der Waals surface area contributed by atoms with Crippen LogP contribution in [0.25, 0.3) is 10.9 Å². The highest BCUT2D eigenvalue weighted by molar-refractivity contribution is 5.99. The minimum Gasteiger partial charge on any atom is -0.398 e. The number of carbonyl (C=O) groups is 1. The third-order valence-electron chi connectivity index (χ3n) is 2.94. The van der Waals surface area contributed by atoms with E-state index >= 15 is 0 Å². The van der Waals surface area contributed by atoms with Gasteiger partial charge >= 0.3 is 0 Å². The second kappa shape index (κ2) is 7.56. The van der Waals surface area contributed by atoms with Gasteiger partial charge < -0.3 is 20.5 Å². The molecule has 1 aromatic heterocycles. The average molecular weight is 289 g/mol. The van der Waals surface area contributed by atoms with Crippen molar-refractivity contribution in [2.45, 2.75) is 0 Å². The summed E-state index contributed by atoms with van der Waals surface area (Å²) in [6.45, 7) is 1.89. The zero-order valence-corrected chi connectivity index (χ0v) is 12.0. The first-order valence-electron chi connectivity index (χ1n) is 6.72. The van der Waals surface area contributed by atoms with Crippen LogP contribution in [0.2, 0.25) is 0 Å². The van der Waals surface area contributed by atoms with Crippen molar-refractivity contribution in [2.24, 2.45) is 0 Å².